The Bertz CT molecular complexity index is 642. The van der Waals surface area contributed by atoms with Crippen LogP contribution in [0.5, 0.6) is 0 Å². The summed E-state index contributed by atoms with van der Waals surface area (Å²) >= 11 is 1.52. The van der Waals surface area contributed by atoms with Crippen molar-refractivity contribution >= 4 is 33.0 Å². The zero-order chi connectivity index (χ0) is 14.3. The molecular weight excluding hydrogens is 272 g/mol. The quantitative estimate of drug-likeness (QED) is 0.822. The van der Waals surface area contributed by atoms with E-state index in [-0.39, 0.29) is 18.1 Å². The highest BCUT2D eigenvalue weighted by Crippen LogP contribution is 2.28. The number of amides is 1. The molecule has 0 bridgehead atoms. The molecule has 0 saturated carbocycles. The second kappa shape index (κ2) is 5.07. The van der Waals surface area contributed by atoms with Crippen LogP contribution in [0, 0.1) is 0 Å². The predicted octanol–water partition coefficient (Wildman–Crippen LogP) is 2.73. The molecule has 5 heteroatoms. The van der Waals surface area contributed by atoms with Gasteiger partial charge in [-0.05, 0) is 43.5 Å². The fourth-order valence-electron chi connectivity index (χ4n) is 2.67. The molecule has 106 valence electrons. The van der Waals surface area contributed by atoms with E-state index in [9.17, 15) is 4.79 Å². The topological polar surface area (TPSA) is 55.6 Å². The van der Waals surface area contributed by atoms with E-state index in [0.29, 0.717) is 13.1 Å². The van der Waals surface area contributed by atoms with Gasteiger partial charge in [0, 0.05) is 23.5 Å². The zero-order valence-electron chi connectivity index (χ0n) is 11.6. The minimum Gasteiger partial charge on any atom is -0.399 e. The van der Waals surface area contributed by atoms with Crippen molar-refractivity contribution in [3.63, 3.8) is 0 Å². The minimum atomic E-state index is 0.0896. The van der Waals surface area contributed by atoms with Gasteiger partial charge in [0.25, 0.3) is 5.91 Å². The maximum Gasteiger partial charge on any atom is 0.264 e. The first-order valence-electron chi connectivity index (χ1n) is 6.77. The van der Waals surface area contributed by atoms with Gasteiger partial charge in [0.05, 0.1) is 17.1 Å². The second-order valence-electron chi connectivity index (χ2n) is 5.38. The van der Waals surface area contributed by atoms with Crippen molar-refractivity contribution in [1.82, 2.24) is 4.90 Å². The summed E-state index contributed by atoms with van der Waals surface area (Å²) in [7, 11) is 0. The van der Waals surface area contributed by atoms with E-state index in [1.54, 1.807) is 0 Å². The Kier molecular flexibility index (Phi) is 3.40. The summed E-state index contributed by atoms with van der Waals surface area (Å²) in [6.07, 6.45) is 0.181. The number of benzene rings is 1. The van der Waals surface area contributed by atoms with Crippen LogP contribution in [0.2, 0.25) is 0 Å². The zero-order valence-corrected chi connectivity index (χ0v) is 12.4. The van der Waals surface area contributed by atoms with E-state index >= 15 is 0 Å². The van der Waals surface area contributed by atoms with Gasteiger partial charge in [0.15, 0.2) is 0 Å². The number of hydrogen-bond donors (Lipinski definition) is 1. The lowest BCUT2D eigenvalue weighted by Gasteiger charge is -2.35. The molecule has 2 heterocycles. The smallest absolute Gasteiger partial charge is 0.264 e. The van der Waals surface area contributed by atoms with Crippen LogP contribution in [-0.4, -0.2) is 36.1 Å². The molecule has 20 heavy (non-hydrogen) atoms. The highest BCUT2D eigenvalue weighted by molar-refractivity contribution is 7.20. The van der Waals surface area contributed by atoms with Crippen molar-refractivity contribution in [1.29, 1.82) is 0 Å². The third kappa shape index (κ3) is 2.51. The number of nitrogen functional groups attached to an aromatic ring is 1. The van der Waals surface area contributed by atoms with Gasteiger partial charge in [-0.1, -0.05) is 0 Å². The van der Waals surface area contributed by atoms with E-state index in [1.807, 2.05) is 43.0 Å². The third-order valence-corrected chi connectivity index (χ3v) is 4.56. The first-order chi connectivity index (χ1) is 9.52. The van der Waals surface area contributed by atoms with Crippen LogP contribution in [0.25, 0.3) is 10.1 Å². The molecule has 1 aromatic heterocycles. The summed E-state index contributed by atoms with van der Waals surface area (Å²) in [5.41, 5.74) is 6.51. The number of thiophene rings is 1. The van der Waals surface area contributed by atoms with Crippen molar-refractivity contribution in [2.24, 2.45) is 0 Å². The first kappa shape index (κ1) is 13.4. The molecule has 1 aliphatic heterocycles. The van der Waals surface area contributed by atoms with E-state index < -0.39 is 0 Å². The summed E-state index contributed by atoms with van der Waals surface area (Å²) in [5.74, 6) is 0.0896. The van der Waals surface area contributed by atoms with Gasteiger partial charge < -0.3 is 15.4 Å². The lowest BCUT2D eigenvalue weighted by Crippen LogP contribution is -2.48. The van der Waals surface area contributed by atoms with Crippen molar-refractivity contribution in [2.45, 2.75) is 26.1 Å². The Morgan fingerprint density at radius 1 is 1.30 bits per heavy atom. The average Bonchev–Trinajstić information content (AvgIpc) is 2.79. The summed E-state index contributed by atoms with van der Waals surface area (Å²) in [5, 5.41) is 1.03. The molecule has 1 aromatic carbocycles. The number of rotatable bonds is 1. The molecule has 1 fully saturated rings. The Morgan fingerprint density at radius 2 is 2.00 bits per heavy atom. The molecule has 0 spiro atoms. The number of anilines is 1. The van der Waals surface area contributed by atoms with Gasteiger partial charge in [-0.2, -0.15) is 0 Å². The van der Waals surface area contributed by atoms with Gasteiger partial charge in [0.1, 0.15) is 0 Å². The lowest BCUT2D eigenvalue weighted by molar-refractivity contribution is -0.0585. The first-order valence-corrected chi connectivity index (χ1v) is 7.58. The lowest BCUT2D eigenvalue weighted by atomic mass is 10.2. The number of carbonyl (C=O) groups is 1. The van der Waals surface area contributed by atoms with Crippen LogP contribution in [0.3, 0.4) is 0 Å². The molecule has 1 amide bonds. The summed E-state index contributed by atoms with van der Waals surface area (Å²) in [6, 6.07) is 7.68. The summed E-state index contributed by atoms with van der Waals surface area (Å²) in [6.45, 7) is 5.31. The number of morpholine rings is 1. The number of nitrogens with two attached hydrogens (primary N) is 1. The Hall–Kier alpha value is -1.59. The molecule has 3 rings (SSSR count). The number of ether oxygens (including phenoxy) is 1. The van der Waals surface area contributed by atoms with E-state index in [0.717, 1.165) is 20.7 Å². The number of fused-ring (bicyclic) bond motifs is 1. The van der Waals surface area contributed by atoms with Crippen molar-refractivity contribution in [2.75, 3.05) is 18.8 Å². The van der Waals surface area contributed by atoms with Crippen LogP contribution in [0.4, 0.5) is 5.69 Å². The van der Waals surface area contributed by atoms with Crippen LogP contribution in [0.15, 0.2) is 24.3 Å². The number of carbonyl (C=O) groups excluding carboxylic acids is 1. The molecule has 1 saturated heterocycles. The van der Waals surface area contributed by atoms with Crippen molar-refractivity contribution < 1.29 is 9.53 Å². The van der Waals surface area contributed by atoms with Crippen LogP contribution < -0.4 is 5.73 Å². The standard InChI is InChI=1S/C15H18N2O2S/c1-9-7-17(8-10(2)19-9)15(18)14-6-11-5-12(16)3-4-13(11)20-14/h3-6,9-10H,7-8,16H2,1-2H3/t9-,10+. The van der Waals surface area contributed by atoms with E-state index in [1.165, 1.54) is 11.3 Å². The van der Waals surface area contributed by atoms with Crippen molar-refractivity contribution in [3.8, 4) is 0 Å². The monoisotopic (exact) mass is 290 g/mol. The fourth-order valence-corrected chi connectivity index (χ4v) is 3.68. The predicted molar refractivity (Wildman–Crippen MR) is 82.1 cm³/mol. The average molecular weight is 290 g/mol. The second-order valence-corrected chi connectivity index (χ2v) is 6.46. The van der Waals surface area contributed by atoms with Crippen LogP contribution >= 0.6 is 11.3 Å². The Balaban J connectivity index is 1.88. The molecule has 2 atom stereocenters. The maximum atomic E-state index is 12.6. The van der Waals surface area contributed by atoms with E-state index in [2.05, 4.69) is 0 Å². The van der Waals surface area contributed by atoms with Gasteiger partial charge in [0.2, 0.25) is 0 Å². The maximum absolute atomic E-state index is 12.6. The third-order valence-electron chi connectivity index (χ3n) is 3.46. The number of hydrogen-bond acceptors (Lipinski definition) is 4. The Labute approximate surface area is 122 Å². The molecule has 0 aliphatic carbocycles. The van der Waals surface area contributed by atoms with Gasteiger partial charge in [-0.25, -0.2) is 0 Å². The Morgan fingerprint density at radius 3 is 2.70 bits per heavy atom. The highest BCUT2D eigenvalue weighted by Gasteiger charge is 2.27. The molecule has 0 unspecified atom stereocenters. The minimum absolute atomic E-state index is 0.0896. The van der Waals surface area contributed by atoms with Crippen LogP contribution in [0.1, 0.15) is 23.5 Å². The largest absolute Gasteiger partial charge is 0.399 e. The van der Waals surface area contributed by atoms with Crippen LogP contribution in [-0.2, 0) is 4.74 Å². The molecule has 4 nitrogen and oxygen atoms in total. The fraction of sp³-hybridized carbons (Fsp3) is 0.400. The van der Waals surface area contributed by atoms with E-state index in [4.69, 9.17) is 10.5 Å². The van der Waals surface area contributed by atoms with Gasteiger partial charge in [-0.15, -0.1) is 11.3 Å². The summed E-state index contributed by atoms with van der Waals surface area (Å²) in [4.78, 5) is 15.2. The van der Waals surface area contributed by atoms with Gasteiger partial charge >= 0.3 is 0 Å². The molecule has 0 radical (unpaired) electrons. The molecular formula is C15H18N2O2S. The number of nitrogens with zero attached hydrogens (tertiary/aromatic N) is 1. The summed E-state index contributed by atoms with van der Waals surface area (Å²) < 4.78 is 6.76. The SMILES string of the molecule is C[C@@H]1CN(C(=O)c2cc3cc(N)ccc3s2)C[C@H](C)O1. The molecule has 1 aliphatic rings. The highest BCUT2D eigenvalue weighted by atomic mass is 32.1. The normalized spacial score (nSPS) is 23.2. The van der Waals surface area contributed by atoms with Gasteiger partial charge in [-0.3, -0.25) is 4.79 Å². The molecule has 2 aromatic rings. The molecule has 2 N–H and O–H groups in total. The van der Waals surface area contributed by atoms with Crippen molar-refractivity contribution in [3.05, 3.63) is 29.1 Å².